The summed E-state index contributed by atoms with van der Waals surface area (Å²) in [5, 5.41) is 6.22. The molecule has 8 heteroatoms. The highest BCUT2D eigenvalue weighted by atomic mass is 32.2. The maximum atomic E-state index is 12.2. The molecule has 0 fully saturated rings. The Bertz CT molecular complexity index is 1150. The molecule has 0 unspecified atom stereocenters. The van der Waals surface area contributed by atoms with E-state index in [9.17, 15) is 9.59 Å². The average Bonchev–Trinajstić information content (AvgIpc) is 3.37. The second kappa shape index (κ2) is 8.50. The first kappa shape index (κ1) is 19.2. The Labute approximate surface area is 175 Å². The van der Waals surface area contributed by atoms with Crippen LogP contribution in [0.25, 0.3) is 10.2 Å². The fourth-order valence-electron chi connectivity index (χ4n) is 2.62. The van der Waals surface area contributed by atoms with E-state index >= 15 is 0 Å². The summed E-state index contributed by atoms with van der Waals surface area (Å²) in [7, 11) is 0. The summed E-state index contributed by atoms with van der Waals surface area (Å²) in [6, 6.07) is 16.6. The number of nitrogens with zero attached hydrogens (tertiary/aromatic N) is 1. The third-order valence-electron chi connectivity index (χ3n) is 4.02. The normalized spacial score (nSPS) is 10.8. The number of nitrogens with one attached hydrogen (secondary N) is 2. The number of amides is 2. The summed E-state index contributed by atoms with van der Waals surface area (Å²) in [6.07, 6.45) is 1.45. The monoisotopic (exact) mass is 423 g/mol. The number of anilines is 2. The molecule has 0 aliphatic heterocycles. The van der Waals surface area contributed by atoms with E-state index in [1.54, 1.807) is 24.3 Å². The summed E-state index contributed by atoms with van der Waals surface area (Å²) < 4.78 is 6.12. The van der Waals surface area contributed by atoms with E-state index in [4.69, 9.17) is 4.42 Å². The molecule has 0 saturated carbocycles. The van der Waals surface area contributed by atoms with Gasteiger partial charge in [-0.2, -0.15) is 0 Å². The first-order valence-corrected chi connectivity index (χ1v) is 10.6. The lowest BCUT2D eigenvalue weighted by atomic mass is 10.2. The van der Waals surface area contributed by atoms with Crippen molar-refractivity contribution in [3.05, 3.63) is 72.2 Å². The fraction of sp³-hybridized carbons (Fsp3) is 0.0952. The SMILES string of the molecule is Cc1ccc2nc(NC(=O)CSc3ccc(NC(=O)c4ccco4)cc3)sc2c1. The summed E-state index contributed by atoms with van der Waals surface area (Å²) in [6.45, 7) is 2.03. The Morgan fingerprint density at radius 2 is 1.93 bits per heavy atom. The van der Waals surface area contributed by atoms with Crippen molar-refractivity contribution in [3.8, 4) is 0 Å². The number of fused-ring (bicyclic) bond motifs is 1. The van der Waals surface area contributed by atoms with Crippen LogP contribution < -0.4 is 10.6 Å². The first-order chi connectivity index (χ1) is 14.1. The standard InChI is InChI=1S/C21H17N3O3S2/c1-13-4-9-16-18(11-13)29-21(23-16)24-19(25)12-28-15-7-5-14(6-8-15)22-20(26)17-3-2-10-27-17/h2-11H,12H2,1H3,(H,22,26)(H,23,24,25). The predicted molar refractivity (Wildman–Crippen MR) is 117 cm³/mol. The number of hydrogen-bond donors (Lipinski definition) is 2. The van der Waals surface area contributed by atoms with Crippen molar-refractivity contribution in [1.82, 2.24) is 4.98 Å². The van der Waals surface area contributed by atoms with Gasteiger partial charge in [-0.25, -0.2) is 4.98 Å². The molecule has 0 aliphatic rings. The molecule has 0 bridgehead atoms. The molecule has 0 saturated heterocycles. The number of aromatic nitrogens is 1. The van der Waals surface area contributed by atoms with Crippen LogP contribution in [0.15, 0.2) is 70.2 Å². The number of thioether (sulfide) groups is 1. The number of furan rings is 1. The minimum atomic E-state index is -0.305. The molecule has 6 nitrogen and oxygen atoms in total. The molecule has 4 aromatic rings. The Kier molecular flexibility index (Phi) is 5.64. The van der Waals surface area contributed by atoms with Gasteiger partial charge in [-0.05, 0) is 61.0 Å². The van der Waals surface area contributed by atoms with Gasteiger partial charge in [0.1, 0.15) is 0 Å². The molecule has 2 amide bonds. The highest BCUT2D eigenvalue weighted by Gasteiger charge is 2.10. The Hall–Kier alpha value is -3.10. The lowest BCUT2D eigenvalue weighted by molar-refractivity contribution is -0.113. The molecule has 146 valence electrons. The first-order valence-electron chi connectivity index (χ1n) is 8.81. The highest BCUT2D eigenvalue weighted by Crippen LogP contribution is 2.27. The minimum absolute atomic E-state index is 0.110. The number of benzene rings is 2. The smallest absolute Gasteiger partial charge is 0.291 e. The quantitative estimate of drug-likeness (QED) is 0.418. The van der Waals surface area contributed by atoms with Gasteiger partial charge in [-0.3, -0.25) is 9.59 Å². The van der Waals surface area contributed by atoms with Gasteiger partial charge in [0.15, 0.2) is 10.9 Å². The molecule has 0 radical (unpaired) electrons. The van der Waals surface area contributed by atoms with Crippen molar-refractivity contribution in [1.29, 1.82) is 0 Å². The van der Waals surface area contributed by atoms with Crippen molar-refractivity contribution in [3.63, 3.8) is 0 Å². The van der Waals surface area contributed by atoms with Gasteiger partial charge >= 0.3 is 0 Å². The average molecular weight is 424 g/mol. The van der Waals surface area contributed by atoms with E-state index < -0.39 is 0 Å². The van der Waals surface area contributed by atoms with Crippen LogP contribution in [0.1, 0.15) is 16.1 Å². The van der Waals surface area contributed by atoms with Crippen LogP contribution in [0.5, 0.6) is 0 Å². The lowest BCUT2D eigenvalue weighted by Gasteiger charge is -2.05. The van der Waals surface area contributed by atoms with E-state index in [-0.39, 0.29) is 23.3 Å². The number of carbonyl (C=O) groups is 2. The van der Waals surface area contributed by atoms with Crippen molar-refractivity contribution < 1.29 is 14.0 Å². The topological polar surface area (TPSA) is 84.2 Å². The molecule has 0 spiro atoms. The summed E-state index contributed by atoms with van der Waals surface area (Å²) in [4.78, 5) is 29.6. The summed E-state index contributed by atoms with van der Waals surface area (Å²) in [5.74, 6) is 0.111. The lowest BCUT2D eigenvalue weighted by Crippen LogP contribution is -2.13. The molecular formula is C21H17N3O3S2. The molecule has 2 aromatic carbocycles. The van der Waals surface area contributed by atoms with E-state index in [1.165, 1.54) is 34.9 Å². The van der Waals surface area contributed by atoms with Gasteiger partial charge in [0.25, 0.3) is 5.91 Å². The van der Waals surface area contributed by atoms with Crippen molar-refractivity contribution in [2.75, 3.05) is 16.4 Å². The van der Waals surface area contributed by atoms with Crippen LogP contribution in [-0.4, -0.2) is 22.6 Å². The molecular weight excluding hydrogens is 406 g/mol. The Balaban J connectivity index is 1.30. The van der Waals surface area contributed by atoms with Crippen LogP contribution in [-0.2, 0) is 4.79 Å². The van der Waals surface area contributed by atoms with Gasteiger partial charge in [0.05, 0.1) is 22.2 Å². The number of carbonyl (C=O) groups excluding carboxylic acids is 2. The number of aryl methyl sites for hydroxylation is 1. The fourth-order valence-corrected chi connectivity index (χ4v) is 4.30. The van der Waals surface area contributed by atoms with Gasteiger partial charge < -0.3 is 15.1 Å². The number of thiazole rings is 1. The maximum absolute atomic E-state index is 12.2. The van der Waals surface area contributed by atoms with Crippen LogP contribution >= 0.6 is 23.1 Å². The molecule has 0 aliphatic carbocycles. The van der Waals surface area contributed by atoms with Crippen LogP contribution in [0, 0.1) is 6.92 Å². The van der Waals surface area contributed by atoms with E-state index in [1.807, 2.05) is 31.2 Å². The predicted octanol–water partition coefficient (Wildman–Crippen LogP) is 5.18. The largest absolute Gasteiger partial charge is 0.459 e. The molecule has 2 aromatic heterocycles. The molecule has 2 N–H and O–H groups in total. The minimum Gasteiger partial charge on any atom is -0.459 e. The van der Waals surface area contributed by atoms with Gasteiger partial charge in [0.2, 0.25) is 5.91 Å². The molecule has 29 heavy (non-hydrogen) atoms. The molecule has 4 rings (SSSR count). The zero-order valence-corrected chi connectivity index (χ0v) is 17.1. The summed E-state index contributed by atoms with van der Waals surface area (Å²) in [5.41, 5.74) is 2.71. The van der Waals surface area contributed by atoms with E-state index in [2.05, 4.69) is 21.7 Å². The molecule has 2 heterocycles. The van der Waals surface area contributed by atoms with E-state index in [0.29, 0.717) is 10.8 Å². The number of rotatable bonds is 6. The van der Waals surface area contributed by atoms with Crippen LogP contribution in [0.4, 0.5) is 10.8 Å². The third-order valence-corrected chi connectivity index (χ3v) is 5.96. The van der Waals surface area contributed by atoms with Crippen molar-refractivity contribution in [2.24, 2.45) is 0 Å². The van der Waals surface area contributed by atoms with Gasteiger partial charge in [-0.15, -0.1) is 11.8 Å². The second-order valence-electron chi connectivity index (χ2n) is 6.28. The zero-order chi connectivity index (χ0) is 20.2. The Morgan fingerprint density at radius 1 is 1.10 bits per heavy atom. The third kappa shape index (κ3) is 4.85. The van der Waals surface area contributed by atoms with Crippen LogP contribution in [0.3, 0.4) is 0 Å². The van der Waals surface area contributed by atoms with Crippen molar-refractivity contribution >= 4 is 55.9 Å². The number of hydrogen-bond acceptors (Lipinski definition) is 6. The van der Waals surface area contributed by atoms with E-state index in [0.717, 1.165) is 15.1 Å². The Morgan fingerprint density at radius 3 is 2.69 bits per heavy atom. The summed E-state index contributed by atoms with van der Waals surface area (Å²) >= 11 is 2.88. The van der Waals surface area contributed by atoms with Crippen LogP contribution in [0.2, 0.25) is 0 Å². The highest BCUT2D eigenvalue weighted by molar-refractivity contribution is 8.00. The van der Waals surface area contributed by atoms with Gasteiger partial charge in [0, 0.05) is 10.6 Å². The van der Waals surface area contributed by atoms with Crippen molar-refractivity contribution in [2.45, 2.75) is 11.8 Å². The molecule has 0 atom stereocenters. The second-order valence-corrected chi connectivity index (χ2v) is 8.36. The maximum Gasteiger partial charge on any atom is 0.291 e. The zero-order valence-electron chi connectivity index (χ0n) is 15.5. The van der Waals surface area contributed by atoms with Gasteiger partial charge in [-0.1, -0.05) is 17.4 Å².